The summed E-state index contributed by atoms with van der Waals surface area (Å²) in [5.41, 5.74) is 8.31. The Bertz CT molecular complexity index is 905. The van der Waals surface area contributed by atoms with Crippen LogP contribution in [0.15, 0.2) is 30.6 Å². The van der Waals surface area contributed by atoms with Crippen molar-refractivity contribution in [2.75, 3.05) is 0 Å². The Balaban J connectivity index is 1.64. The van der Waals surface area contributed by atoms with Crippen molar-refractivity contribution in [1.29, 1.82) is 0 Å². The molecule has 0 aromatic carbocycles. The number of aromatic nitrogens is 3. The van der Waals surface area contributed by atoms with Crippen LogP contribution in [-0.4, -0.2) is 32.6 Å². The normalized spacial score (nSPS) is 20.6. The van der Waals surface area contributed by atoms with E-state index < -0.39 is 0 Å². The van der Waals surface area contributed by atoms with Gasteiger partial charge in [-0.2, -0.15) is 5.10 Å². The Morgan fingerprint density at radius 3 is 3.08 bits per heavy atom. The van der Waals surface area contributed by atoms with Gasteiger partial charge < -0.3 is 11.1 Å². The molecule has 2 unspecified atom stereocenters. The molecule has 0 aliphatic heterocycles. The summed E-state index contributed by atoms with van der Waals surface area (Å²) in [5.74, 6) is -0.216. The molecule has 1 aliphatic carbocycles. The van der Waals surface area contributed by atoms with Crippen molar-refractivity contribution in [3.63, 3.8) is 0 Å². The summed E-state index contributed by atoms with van der Waals surface area (Å²) in [6.07, 6.45) is 6.46. The summed E-state index contributed by atoms with van der Waals surface area (Å²) in [6.45, 7) is 0. The molecule has 0 saturated heterocycles. The first-order valence-electron chi connectivity index (χ1n) is 7.79. The number of nitrogens with one attached hydrogen (secondary N) is 1. The molecule has 1 fully saturated rings. The number of nitrogens with zero attached hydrogens (tertiary/aromatic N) is 3. The van der Waals surface area contributed by atoms with Crippen LogP contribution >= 0.6 is 22.9 Å². The SMILES string of the molecule is NC1CCCC1NC(=O)c1nc(-c2cnn3ccccc23)c(Cl)s1. The van der Waals surface area contributed by atoms with E-state index in [9.17, 15) is 4.79 Å². The van der Waals surface area contributed by atoms with Crippen LogP contribution < -0.4 is 11.1 Å². The molecule has 0 radical (unpaired) electrons. The fourth-order valence-electron chi connectivity index (χ4n) is 3.08. The molecule has 0 bridgehead atoms. The molecule has 3 heterocycles. The third kappa shape index (κ3) is 2.68. The van der Waals surface area contributed by atoms with Gasteiger partial charge in [-0.3, -0.25) is 4.79 Å². The highest BCUT2D eigenvalue weighted by Crippen LogP contribution is 2.35. The molecular weight excluding hydrogens is 346 g/mol. The minimum Gasteiger partial charge on any atom is -0.346 e. The lowest BCUT2D eigenvalue weighted by Gasteiger charge is -2.15. The number of carbonyl (C=O) groups is 1. The third-order valence-corrected chi connectivity index (χ3v) is 5.60. The zero-order valence-corrected chi connectivity index (χ0v) is 14.3. The van der Waals surface area contributed by atoms with Crippen LogP contribution in [0.5, 0.6) is 0 Å². The second kappa shape index (κ2) is 6.16. The maximum absolute atomic E-state index is 12.4. The van der Waals surface area contributed by atoms with Crippen LogP contribution in [-0.2, 0) is 0 Å². The number of hydrogen-bond acceptors (Lipinski definition) is 5. The molecule has 4 rings (SSSR count). The fourth-order valence-corrected chi connectivity index (χ4v) is 4.15. The third-order valence-electron chi connectivity index (χ3n) is 4.35. The lowest BCUT2D eigenvalue weighted by Crippen LogP contribution is -2.43. The zero-order valence-electron chi connectivity index (χ0n) is 12.8. The maximum atomic E-state index is 12.4. The highest BCUT2D eigenvalue weighted by atomic mass is 35.5. The van der Waals surface area contributed by atoms with Gasteiger partial charge in [0.2, 0.25) is 0 Å². The number of halogens is 1. The number of thiazole rings is 1. The van der Waals surface area contributed by atoms with Gasteiger partial charge in [-0.05, 0) is 31.4 Å². The predicted molar refractivity (Wildman–Crippen MR) is 94.4 cm³/mol. The fraction of sp³-hybridized carbons (Fsp3) is 0.312. The first-order valence-corrected chi connectivity index (χ1v) is 8.98. The molecule has 0 spiro atoms. The van der Waals surface area contributed by atoms with Gasteiger partial charge in [0.1, 0.15) is 10.0 Å². The van der Waals surface area contributed by atoms with E-state index in [1.165, 1.54) is 11.3 Å². The molecule has 1 amide bonds. The maximum Gasteiger partial charge on any atom is 0.280 e. The van der Waals surface area contributed by atoms with Gasteiger partial charge in [0.15, 0.2) is 5.01 Å². The largest absolute Gasteiger partial charge is 0.346 e. The van der Waals surface area contributed by atoms with Gasteiger partial charge in [-0.1, -0.05) is 29.0 Å². The van der Waals surface area contributed by atoms with E-state index in [2.05, 4.69) is 15.4 Å². The van der Waals surface area contributed by atoms with Crippen molar-refractivity contribution >= 4 is 34.4 Å². The van der Waals surface area contributed by atoms with Crippen molar-refractivity contribution in [2.45, 2.75) is 31.3 Å². The van der Waals surface area contributed by atoms with Crippen LogP contribution in [0.1, 0.15) is 29.1 Å². The highest BCUT2D eigenvalue weighted by Gasteiger charge is 2.27. The van der Waals surface area contributed by atoms with E-state index in [1.807, 2.05) is 24.4 Å². The quantitative estimate of drug-likeness (QED) is 0.751. The topological polar surface area (TPSA) is 85.3 Å². The average molecular weight is 362 g/mol. The Hall–Kier alpha value is -1.96. The summed E-state index contributed by atoms with van der Waals surface area (Å²) >= 11 is 7.52. The number of pyridine rings is 1. The summed E-state index contributed by atoms with van der Waals surface area (Å²) < 4.78 is 2.23. The van der Waals surface area contributed by atoms with Crippen LogP contribution in [0.4, 0.5) is 0 Å². The second-order valence-electron chi connectivity index (χ2n) is 5.90. The van der Waals surface area contributed by atoms with Gasteiger partial charge in [0, 0.05) is 23.8 Å². The smallest absolute Gasteiger partial charge is 0.280 e. The number of nitrogens with two attached hydrogens (primary N) is 1. The molecule has 3 aromatic rings. The Labute approximate surface area is 147 Å². The molecule has 124 valence electrons. The number of amides is 1. The summed E-state index contributed by atoms with van der Waals surface area (Å²) in [4.78, 5) is 16.9. The van der Waals surface area contributed by atoms with E-state index in [-0.39, 0.29) is 18.0 Å². The number of rotatable bonds is 3. The number of fused-ring (bicyclic) bond motifs is 1. The lowest BCUT2D eigenvalue weighted by atomic mass is 10.2. The van der Waals surface area contributed by atoms with Crippen molar-refractivity contribution in [1.82, 2.24) is 19.9 Å². The lowest BCUT2D eigenvalue weighted by molar-refractivity contribution is 0.0934. The van der Waals surface area contributed by atoms with Gasteiger partial charge in [-0.15, -0.1) is 0 Å². The molecule has 1 saturated carbocycles. The Kier molecular flexibility index (Phi) is 3.99. The minimum absolute atomic E-state index is 0.0144. The van der Waals surface area contributed by atoms with Gasteiger partial charge in [0.25, 0.3) is 5.91 Å². The first kappa shape index (κ1) is 15.6. The van der Waals surface area contributed by atoms with E-state index in [4.69, 9.17) is 17.3 Å². The summed E-state index contributed by atoms with van der Waals surface area (Å²) in [7, 11) is 0. The predicted octanol–water partition coefficient (Wildman–Crippen LogP) is 2.72. The average Bonchev–Trinajstić information content (AvgIpc) is 3.27. The molecule has 8 heteroatoms. The van der Waals surface area contributed by atoms with Gasteiger partial charge in [-0.25, -0.2) is 9.50 Å². The molecule has 2 atom stereocenters. The van der Waals surface area contributed by atoms with Crippen molar-refractivity contribution in [3.8, 4) is 11.3 Å². The van der Waals surface area contributed by atoms with E-state index in [1.54, 1.807) is 10.7 Å². The molecule has 24 heavy (non-hydrogen) atoms. The molecule has 1 aliphatic rings. The number of hydrogen-bond donors (Lipinski definition) is 2. The molecule has 3 N–H and O–H groups in total. The highest BCUT2D eigenvalue weighted by molar-refractivity contribution is 7.18. The second-order valence-corrected chi connectivity index (χ2v) is 7.51. The van der Waals surface area contributed by atoms with E-state index in [0.29, 0.717) is 15.0 Å². The standard InChI is InChI=1S/C16H16ClN5OS/c17-14-13(9-8-19-22-7-2-1-6-12(9)22)21-16(24-14)15(23)20-11-5-3-4-10(11)18/h1-2,6-8,10-11H,3-5,18H2,(H,20,23). The Morgan fingerprint density at radius 1 is 1.42 bits per heavy atom. The van der Waals surface area contributed by atoms with Crippen LogP contribution in [0.3, 0.4) is 0 Å². The molecular formula is C16H16ClN5OS. The van der Waals surface area contributed by atoms with E-state index in [0.717, 1.165) is 30.3 Å². The van der Waals surface area contributed by atoms with Crippen LogP contribution in [0, 0.1) is 0 Å². The van der Waals surface area contributed by atoms with Crippen LogP contribution in [0.2, 0.25) is 4.34 Å². The minimum atomic E-state index is -0.216. The van der Waals surface area contributed by atoms with Gasteiger partial charge in [0.05, 0.1) is 11.7 Å². The van der Waals surface area contributed by atoms with Gasteiger partial charge >= 0.3 is 0 Å². The van der Waals surface area contributed by atoms with E-state index >= 15 is 0 Å². The molecule has 3 aromatic heterocycles. The first-order chi connectivity index (χ1) is 11.6. The Morgan fingerprint density at radius 2 is 2.29 bits per heavy atom. The van der Waals surface area contributed by atoms with Crippen molar-refractivity contribution in [2.24, 2.45) is 5.73 Å². The number of carbonyl (C=O) groups excluding carboxylic acids is 1. The van der Waals surface area contributed by atoms with Crippen molar-refractivity contribution in [3.05, 3.63) is 39.9 Å². The summed E-state index contributed by atoms with van der Waals surface area (Å²) in [5, 5.41) is 7.61. The van der Waals surface area contributed by atoms with Crippen molar-refractivity contribution < 1.29 is 4.79 Å². The zero-order chi connectivity index (χ0) is 16.7. The molecule has 6 nitrogen and oxygen atoms in total. The van der Waals surface area contributed by atoms with Crippen LogP contribution in [0.25, 0.3) is 16.8 Å². The monoisotopic (exact) mass is 361 g/mol. The summed E-state index contributed by atoms with van der Waals surface area (Å²) in [6, 6.07) is 5.80.